The summed E-state index contributed by atoms with van der Waals surface area (Å²) in [5, 5.41) is 5.19. The first-order valence-corrected chi connectivity index (χ1v) is 12.0. The smallest absolute Gasteiger partial charge is 0.254 e. The molecular formula is C24H29N5O2S. The van der Waals surface area contributed by atoms with Gasteiger partial charge in [-0.05, 0) is 62.2 Å². The molecule has 8 heteroatoms. The largest absolute Gasteiger partial charge is 0.356 e. The highest BCUT2D eigenvalue weighted by Crippen LogP contribution is 2.20. The minimum atomic E-state index is -0.186. The minimum absolute atomic E-state index is 0.0163. The first-order valence-electron chi connectivity index (χ1n) is 11.1. The van der Waals surface area contributed by atoms with Crippen molar-refractivity contribution < 1.29 is 4.79 Å². The number of pyridine rings is 1. The van der Waals surface area contributed by atoms with Crippen LogP contribution in [-0.4, -0.2) is 45.4 Å². The van der Waals surface area contributed by atoms with E-state index in [1.165, 1.54) is 4.88 Å². The molecule has 7 nitrogen and oxygen atoms in total. The lowest BCUT2D eigenvalue weighted by Gasteiger charge is -2.32. The van der Waals surface area contributed by atoms with E-state index in [2.05, 4.69) is 42.7 Å². The summed E-state index contributed by atoms with van der Waals surface area (Å²) < 4.78 is 0. The van der Waals surface area contributed by atoms with E-state index in [1.54, 1.807) is 35.9 Å². The van der Waals surface area contributed by atoms with Crippen molar-refractivity contribution >= 4 is 17.2 Å². The topological polar surface area (TPSA) is 91.0 Å². The Bertz CT molecular complexity index is 1080. The van der Waals surface area contributed by atoms with Gasteiger partial charge in [-0.15, -0.1) is 11.3 Å². The third kappa shape index (κ3) is 5.89. The maximum atomic E-state index is 12.6. The second-order valence-electron chi connectivity index (χ2n) is 8.34. The van der Waals surface area contributed by atoms with Crippen molar-refractivity contribution in [1.82, 2.24) is 25.2 Å². The predicted molar refractivity (Wildman–Crippen MR) is 126 cm³/mol. The Morgan fingerprint density at radius 3 is 2.91 bits per heavy atom. The van der Waals surface area contributed by atoms with E-state index in [-0.39, 0.29) is 17.9 Å². The Balaban J connectivity index is 1.26. The van der Waals surface area contributed by atoms with Gasteiger partial charge in [0.05, 0.1) is 0 Å². The van der Waals surface area contributed by atoms with Crippen LogP contribution >= 0.6 is 11.3 Å². The number of H-pyrrole nitrogens is 1. The van der Waals surface area contributed by atoms with Gasteiger partial charge in [-0.2, -0.15) is 0 Å². The standard InChI is InChI=1S/C24H29N5O2S/c1-17-21(24(31)28-23(27-17)19-8-10-25-11-9-19)6-7-22(30)26-14-18-4-2-12-29(15-18)16-20-5-3-13-32-20/h3,5,8-11,13,18H,2,4,6-7,12,14-16H2,1H3,(H,26,30)(H,27,28,31). The number of carbonyl (C=O) groups is 1. The summed E-state index contributed by atoms with van der Waals surface area (Å²) in [5.74, 6) is 0.976. The van der Waals surface area contributed by atoms with Gasteiger partial charge in [-0.1, -0.05) is 6.07 Å². The number of hydrogen-bond donors (Lipinski definition) is 2. The third-order valence-electron chi connectivity index (χ3n) is 5.93. The van der Waals surface area contributed by atoms with E-state index in [0.29, 0.717) is 36.0 Å². The molecule has 1 aliphatic rings. The number of piperidine rings is 1. The summed E-state index contributed by atoms with van der Waals surface area (Å²) in [5.41, 5.74) is 1.85. The molecule has 0 spiro atoms. The lowest BCUT2D eigenvalue weighted by Crippen LogP contribution is -2.40. The van der Waals surface area contributed by atoms with Crippen LogP contribution in [0.5, 0.6) is 0 Å². The predicted octanol–water partition coefficient (Wildman–Crippen LogP) is 3.16. The van der Waals surface area contributed by atoms with Crippen LogP contribution < -0.4 is 10.9 Å². The molecule has 0 aromatic carbocycles. The molecule has 1 atom stereocenters. The molecule has 4 heterocycles. The fraction of sp³-hybridized carbons (Fsp3) is 0.417. The van der Waals surface area contributed by atoms with Gasteiger partial charge >= 0.3 is 0 Å². The second kappa shape index (κ2) is 10.7. The molecule has 32 heavy (non-hydrogen) atoms. The van der Waals surface area contributed by atoms with Crippen LogP contribution in [0, 0.1) is 12.8 Å². The SMILES string of the molecule is Cc1nc(-c2ccncc2)[nH]c(=O)c1CCC(=O)NCC1CCCN(Cc2cccs2)C1. The minimum Gasteiger partial charge on any atom is -0.356 e. The van der Waals surface area contributed by atoms with Crippen LogP contribution in [0.25, 0.3) is 11.4 Å². The highest BCUT2D eigenvalue weighted by molar-refractivity contribution is 7.09. The zero-order chi connectivity index (χ0) is 22.3. The molecule has 0 saturated carbocycles. The summed E-state index contributed by atoms with van der Waals surface area (Å²) in [4.78, 5) is 40.2. The average molecular weight is 452 g/mol. The van der Waals surface area contributed by atoms with Crippen molar-refractivity contribution in [3.8, 4) is 11.4 Å². The van der Waals surface area contributed by atoms with E-state index in [4.69, 9.17) is 0 Å². The fourth-order valence-electron chi connectivity index (χ4n) is 4.22. The van der Waals surface area contributed by atoms with Gasteiger partial charge in [0.15, 0.2) is 0 Å². The maximum absolute atomic E-state index is 12.6. The number of nitrogens with one attached hydrogen (secondary N) is 2. The Morgan fingerprint density at radius 1 is 1.31 bits per heavy atom. The van der Waals surface area contributed by atoms with E-state index in [9.17, 15) is 9.59 Å². The average Bonchev–Trinajstić information content (AvgIpc) is 3.31. The lowest BCUT2D eigenvalue weighted by atomic mass is 9.98. The molecule has 168 valence electrons. The summed E-state index contributed by atoms with van der Waals surface area (Å²) in [7, 11) is 0. The highest BCUT2D eigenvalue weighted by atomic mass is 32.1. The molecule has 3 aromatic heterocycles. The second-order valence-corrected chi connectivity index (χ2v) is 9.37. The fourth-order valence-corrected chi connectivity index (χ4v) is 4.97. The van der Waals surface area contributed by atoms with Gasteiger partial charge in [-0.25, -0.2) is 4.98 Å². The van der Waals surface area contributed by atoms with Gasteiger partial charge in [0, 0.05) is 60.1 Å². The van der Waals surface area contributed by atoms with E-state index < -0.39 is 0 Å². The normalized spacial score (nSPS) is 16.7. The number of aromatic amines is 1. The Labute approximate surface area is 191 Å². The van der Waals surface area contributed by atoms with E-state index in [1.807, 2.05) is 6.92 Å². The molecule has 1 aliphatic heterocycles. The van der Waals surface area contributed by atoms with Crippen molar-refractivity contribution in [1.29, 1.82) is 0 Å². The molecule has 1 amide bonds. The zero-order valence-corrected chi connectivity index (χ0v) is 19.2. The molecular weight excluding hydrogens is 422 g/mol. The van der Waals surface area contributed by atoms with Gasteiger partial charge in [0.1, 0.15) is 5.82 Å². The number of nitrogens with zero attached hydrogens (tertiary/aromatic N) is 3. The molecule has 0 aliphatic carbocycles. The molecule has 4 rings (SSSR count). The van der Waals surface area contributed by atoms with E-state index in [0.717, 1.165) is 38.0 Å². The van der Waals surface area contributed by atoms with Crippen molar-refractivity contribution in [3.63, 3.8) is 0 Å². The van der Waals surface area contributed by atoms with Crippen LogP contribution in [-0.2, 0) is 17.8 Å². The molecule has 0 radical (unpaired) electrons. The Morgan fingerprint density at radius 2 is 2.16 bits per heavy atom. The van der Waals surface area contributed by atoms with Crippen molar-refractivity contribution in [3.05, 3.63) is 68.5 Å². The van der Waals surface area contributed by atoms with Gasteiger partial charge in [0.25, 0.3) is 5.56 Å². The van der Waals surface area contributed by atoms with Crippen molar-refractivity contribution in [2.45, 2.75) is 39.2 Å². The van der Waals surface area contributed by atoms with Crippen molar-refractivity contribution in [2.75, 3.05) is 19.6 Å². The number of carbonyl (C=O) groups excluding carboxylic acids is 1. The number of hydrogen-bond acceptors (Lipinski definition) is 6. The number of thiophene rings is 1. The molecule has 3 aromatic rings. The first-order chi connectivity index (χ1) is 15.6. The zero-order valence-electron chi connectivity index (χ0n) is 18.3. The summed E-state index contributed by atoms with van der Waals surface area (Å²) in [6.45, 7) is 5.63. The number of amides is 1. The molecule has 2 N–H and O–H groups in total. The van der Waals surface area contributed by atoms with Crippen LogP contribution in [0.1, 0.15) is 35.4 Å². The summed E-state index contributed by atoms with van der Waals surface area (Å²) in [6.07, 6.45) is 6.29. The summed E-state index contributed by atoms with van der Waals surface area (Å²) in [6, 6.07) is 7.88. The highest BCUT2D eigenvalue weighted by Gasteiger charge is 2.21. The number of rotatable bonds is 8. The van der Waals surface area contributed by atoms with Gasteiger partial charge in [0.2, 0.25) is 5.91 Å². The van der Waals surface area contributed by atoms with Gasteiger partial charge < -0.3 is 10.3 Å². The van der Waals surface area contributed by atoms with Crippen LogP contribution in [0.2, 0.25) is 0 Å². The number of aromatic nitrogens is 3. The maximum Gasteiger partial charge on any atom is 0.254 e. The van der Waals surface area contributed by atoms with E-state index >= 15 is 0 Å². The molecule has 1 saturated heterocycles. The summed E-state index contributed by atoms with van der Waals surface area (Å²) >= 11 is 1.79. The molecule has 1 fully saturated rings. The monoisotopic (exact) mass is 451 g/mol. The van der Waals surface area contributed by atoms with Crippen LogP contribution in [0.15, 0.2) is 46.8 Å². The quantitative estimate of drug-likeness (QED) is 0.549. The molecule has 0 bridgehead atoms. The number of aryl methyl sites for hydroxylation is 1. The molecule has 1 unspecified atom stereocenters. The van der Waals surface area contributed by atoms with Gasteiger partial charge in [-0.3, -0.25) is 19.5 Å². The number of likely N-dealkylation sites (tertiary alicyclic amines) is 1. The van der Waals surface area contributed by atoms with Crippen LogP contribution in [0.3, 0.4) is 0 Å². The third-order valence-corrected chi connectivity index (χ3v) is 6.79. The first kappa shape index (κ1) is 22.4. The Hall–Kier alpha value is -2.84. The Kier molecular flexibility index (Phi) is 7.44. The van der Waals surface area contributed by atoms with Crippen molar-refractivity contribution in [2.24, 2.45) is 5.92 Å². The lowest BCUT2D eigenvalue weighted by molar-refractivity contribution is -0.121. The van der Waals surface area contributed by atoms with Crippen LogP contribution in [0.4, 0.5) is 0 Å².